The highest BCUT2D eigenvalue weighted by atomic mass is 32.2. The Kier molecular flexibility index (Phi) is 4.62. The number of guanidine groups is 1. The Morgan fingerprint density at radius 2 is 2.15 bits per heavy atom. The fourth-order valence-corrected chi connectivity index (χ4v) is 2.74. The largest absolute Gasteiger partial charge is 0.370 e. The van der Waals surface area contributed by atoms with Gasteiger partial charge in [-0.15, -0.1) is 0 Å². The third-order valence-corrected chi connectivity index (χ3v) is 3.73. The molecular weight excluding hydrogens is 274 g/mol. The maximum absolute atomic E-state index is 12.2. The topological polar surface area (TPSA) is 109 Å². The number of amides is 1. The van der Waals surface area contributed by atoms with E-state index in [1.54, 1.807) is 4.90 Å². The van der Waals surface area contributed by atoms with Crippen LogP contribution in [0.15, 0.2) is 29.3 Å². The first kappa shape index (κ1) is 14.4. The van der Waals surface area contributed by atoms with Gasteiger partial charge in [0.25, 0.3) is 0 Å². The van der Waals surface area contributed by atoms with Gasteiger partial charge in [0.05, 0.1) is 5.75 Å². The number of anilines is 1. The van der Waals surface area contributed by atoms with E-state index in [1.807, 2.05) is 24.3 Å². The Morgan fingerprint density at radius 3 is 2.90 bits per heavy atom. The van der Waals surface area contributed by atoms with Gasteiger partial charge in [0.2, 0.25) is 5.91 Å². The molecule has 0 unspecified atom stereocenters. The van der Waals surface area contributed by atoms with Gasteiger partial charge in [-0.05, 0) is 24.5 Å². The molecule has 0 radical (unpaired) electrons. The Balaban J connectivity index is 2.01. The van der Waals surface area contributed by atoms with E-state index in [0.717, 1.165) is 30.3 Å². The fourth-order valence-electron chi connectivity index (χ4n) is 2.15. The third kappa shape index (κ3) is 3.51. The average Bonchev–Trinajstić information content (AvgIpc) is 2.43. The number of carbonyl (C=O) groups excluding carboxylic acids is 1. The number of nitrogens with zero attached hydrogens (tertiary/aromatic N) is 2. The number of carbonyl (C=O) groups is 1. The molecule has 1 amide bonds. The van der Waals surface area contributed by atoms with Gasteiger partial charge in [-0.2, -0.15) is 4.99 Å². The fraction of sp³-hybridized carbons (Fsp3) is 0.308. The first-order valence-electron chi connectivity index (χ1n) is 6.27. The second-order valence-corrected chi connectivity index (χ2v) is 5.37. The van der Waals surface area contributed by atoms with E-state index in [-0.39, 0.29) is 22.8 Å². The number of para-hydroxylation sites is 1. The van der Waals surface area contributed by atoms with Crippen molar-refractivity contribution in [3.05, 3.63) is 29.8 Å². The molecule has 1 aliphatic heterocycles. The lowest BCUT2D eigenvalue weighted by atomic mass is 10.0. The van der Waals surface area contributed by atoms with Crippen LogP contribution in [0.5, 0.6) is 0 Å². The average molecular weight is 291 g/mol. The molecule has 0 saturated carbocycles. The van der Waals surface area contributed by atoms with E-state index < -0.39 is 0 Å². The molecule has 0 atom stereocenters. The molecule has 1 heterocycles. The molecule has 0 spiro atoms. The van der Waals surface area contributed by atoms with Crippen LogP contribution in [0.25, 0.3) is 0 Å². The summed E-state index contributed by atoms with van der Waals surface area (Å²) < 4.78 is 0. The van der Waals surface area contributed by atoms with Crippen LogP contribution in [0.4, 0.5) is 5.69 Å². The lowest BCUT2D eigenvalue weighted by Crippen LogP contribution is -2.36. The van der Waals surface area contributed by atoms with Crippen LogP contribution in [0.1, 0.15) is 12.0 Å². The number of hydrogen-bond acceptors (Lipinski definition) is 3. The van der Waals surface area contributed by atoms with Crippen LogP contribution in [0.2, 0.25) is 0 Å². The second-order valence-electron chi connectivity index (χ2n) is 4.41. The smallest absolute Gasteiger partial charge is 0.237 e. The van der Waals surface area contributed by atoms with Crippen molar-refractivity contribution in [1.29, 1.82) is 5.41 Å². The summed E-state index contributed by atoms with van der Waals surface area (Å²) in [6, 6.07) is 7.91. The zero-order valence-electron chi connectivity index (χ0n) is 11.0. The summed E-state index contributed by atoms with van der Waals surface area (Å²) in [5.74, 6) is -0.0415. The minimum atomic E-state index is -0.168. The molecule has 5 N–H and O–H groups in total. The summed E-state index contributed by atoms with van der Waals surface area (Å²) >= 11 is 1.03. The number of aryl methyl sites for hydroxylation is 1. The highest BCUT2D eigenvalue weighted by Crippen LogP contribution is 2.27. The molecule has 0 aliphatic carbocycles. The van der Waals surface area contributed by atoms with Crippen molar-refractivity contribution in [3.8, 4) is 0 Å². The van der Waals surface area contributed by atoms with Gasteiger partial charge in [-0.25, -0.2) is 0 Å². The van der Waals surface area contributed by atoms with Crippen molar-refractivity contribution in [2.24, 2.45) is 16.5 Å². The summed E-state index contributed by atoms with van der Waals surface area (Å²) in [6.45, 7) is 0.714. The molecule has 1 aromatic carbocycles. The standard InChI is InChI=1S/C13H17N5OS/c14-12(15)17-13(16)20-8-11(19)18-7-3-5-9-4-1-2-6-10(9)18/h1-2,4,6H,3,5,7-8H2,(H5,14,15,16,17). The Morgan fingerprint density at radius 1 is 1.40 bits per heavy atom. The Labute approximate surface area is 121 Å². The van der Waals surface area contributed by atoms with Crippen LogP contribution in [0, 0.1) is 5.41 Å². The first-order chi connectivity index (χ1) is 9.58. The van der Waals surface area contributed by atoms with Crippen molar-refractivity contribution < 1.29 is 4.79 Å². The minimum Gasteiger partial charge on any atom is -0.370 e. The number of aliphatic imine (C=N–C) groups is 1. The first-order valence-corrected chi connectivity index (χ1v) is 7.25. The van der Waals surface area contributed by atoms with Gasteiger partial charge < -0.3 is 16.4 Å². The van der Waals surface area contributed by atoms with E-state index in [0.29, 0.717) is 6.54 Å². The van der Waals surface area contributed by atoms with Crippen LogP contribution in [-0.4, -0.2) is 29.3 Å². The molecule has 106 valence electrons. The van der Waals surface area contributed by atoms with E-state index in [4.69, 9.17) is 16.9 Å². The number of nitrogens with two attached hydrogens (primary N) is 2. The van der Waals surface area contributed by atoms with Gasteiger partial charge in [0.15, 0.2) is 11.1 Å². The summed E-state index contributed by atoms with van der Waals surface area (Å²) in [5, 5.41) is 7.46. The molecule has 0 aromatic heterocycles. The summed E-state index contributed by atoms with van der Waals surface area (Å²) in [7, 11) is 0. The summed E-state index contributed by atoms with van der Waals surface area (Å²) in [4.78, 5) is 17.6. The quantitative estimate of drug-likeness (QED) is 0.555. The lowest BCUT2D eigenvalue weighted by Gasteiger charge is -2.29. The minimum absolute atomic E-state index is 0.0299. The van der Waals surface area contributed by atoms with E-state index >= 15 is 0 Å². The number of benzene rings is 1. The predicted molar refractivity (Wildman–Crippen MR) is 83.1 cm³/mol. The lowest BCUT2D eigenvalue weighted by molar-refractivity contribution is -0.116. The second kappa shape index (κ2) is 6.42. The molecule has 6 nitrogen and oxygen atoms in total. The van der Waals surface area contributed by atoms with Crippen LogP contribution < -0.4 is 16.4 Å². The maximum atomic E-state index is 12.2. The number of rotatable bonds is 2. The molecule has 0 fully saturated rings. The van der Waals surface area contributed by atoms with Gasteiger partial charge in [0, 0.05) is 12.2 Å². The van der Waals surface area contributed by atoms with Crippen LogP contribution in [0.3, 0.4) is 0 Å². The van der Waals surface area contributed by atoms with E-state index in [2.05, 4.69) is 4.99 Å². The van der Waals surface area contributed by atoms with Crippen LogP contribution in [-0.2, 0) is 11.2 Å². The summed E-state index contributed by atoms with van der Waals surface area (Å²) in [5.41, 5.74) is 12.5. The van der Waals surface area contributed by atoms with E-state index in [1.165, 1.54) is 5.56 Å². The van der Waals surface area contributed by atoms with E-state index in [9.17, 15) is 4.79 Å². The van der Waals surface area contributed by atoms with Crippen molar-refractivity contribution >= 4 is 34.5 Å². The number of nitrogens with one attached hydrogen (secondary N) is 1. The molecule has 7 heteroatoms. The number of fused-ring (bicyclic) bond motifs is 1. The van der Waals surface area contributed by atoms with Gasteiger partial charge in [0.1, 0.15) is 0 Å². The molecule has 0 saturated heterocycles. The molecular formula is C13H17N5OS. The maximum Gasteiger partial charge on any atom is 0.237 e. The molecule has 1 aromatic rings. The molecule has 2 rings (SSSR count). The predicted octanol–water partition coefficient (Wildman–Crippen LogP) is 0.907. The SMILES string of the molecule is N=C(N=C(N)N)SCC(=O)N1CCCc2ccccc21. The summed E-state index contributed by atoms with van der Waals surface area (Å²) in [6.07, 6.45) is 1.95. The Hall–Kier alpha value is -2.02. The van der Waals surface area contributed by atoms with Crippen LogP contribution >= 0.6 is 11.8 Å². The van der Waals surface area contributed by atoms with Crippen molar-refractivity contribution in [1.82, 2.24) is 0 Å². The van der Waals surface area contributed by atoms with Crippen molar-refractivity contribution in [2.75, 3.05) is 17.2 Å². The molecule has 20 heavy (non-hydrogen) atoms. The zero-order valence-corrected chi connectivity index (χ0v) is 11.8. The monoisotopic (exact) mass is 291 g/mol. The van der Waals surface area contributed by atoms with Crippen molar-refractivity contribution in [2.45, 2.75) is 12.8 Å². The molecule has 1 aliphatic rings. The molecule has 0 bridgehead atoms. The van der Waals surface area contributed by atoms with Gasteiger partial charge in [-0.1, -0.05) is 30.0 Å². The van der Waals surface area contributed by atoms with Gasteiger partial charge in [-0.3, -0.25) is 10.2 Å². The highest BCUT2D eigenvalue weighted by molar-refractivity contribution is 8.14. The Bertz CT molecular complexity index is 553. The van der Waals surface area contributed by atoms with Gasteiger partial charge >= 0.3 is 0 Å². The normalized spacial score (nSPS) is 13.5. The third-order valence-electron chi connectivity index (χ3n) is 2.97. The van der Waals surface area contributed by atoms with Crippen molar-refractivity contribution in [3.63, 3.8) is 0 Å². The number of amidine groups is 1. The number of thioether (sulfide) groups is 1. The zero-order chi connectivity index (χ0) is 14.5. The number of hydrogen-bond donors (Lipinski definition) is 3. The highest BCUT2D eigenvalue weighted by Gasteiger charge is 2.22.